The molecule has 0 radical (unpaired) electrons. The van der Waals surface area contributed by atoms with Gasteiger partial charge in [0.2, 0.25) is 0 Å². The molecule has 20 heavy (non-hydrogen) atoms. The number of amides is 1. The van der Waals surface area contributed by atoms with Gasteiger partial charge >= 0.3 is 12.1 Å². The van der Waals surface area contributed by atoms with E-state index in [9.17, 15) is 31.5 Å². The van der Waals surface area contributed by atoms with Gasteiger partial charge < -0.3 is 5.32 Å². The molecule has 0 aliphatic heterocycles. The molecule has 0 saturated heterocycles. The molecule has 0 heterocycles. The lowest BCUT2D eigenvalue weighted by Gasteiger charge is -2.24. The van der Waals surface area contributed by atoms with Crippen molar-refractivity contribution in [3.63, 3.8) is 0 Å². The zero-order valence-electron chi connectivity index (χ0n) is 9.85. The number of hydrogen-bond acceptors (Lipinski definition) is 2. The van der Waals surface area contributed by atoms with Crippen LogP contribution in [0.3, 0.4) is 0 Å². The van der Waals surface area contributed by atoms with Gasteiger partial charge in [-0.25, -0.2) is 8.78 Å². The van der Waals surface area contributed by atoms with Crippen LogP contribution in [0.15, 0.2) is 12.1 Å². The first-order valence-corrected chi connectivity index (χ1v) is 5.60. The van der Waals surface area contributed by atoms with Gasteiger partial charge in [0.15, 0.2) is 5.78 Å². The lowest BCUT2D eigenvalue weighted by Crippen LogP contribution is -2.48. The van der Waals surface area contributed by atoms with Gasteiger partial charge in [-0.05, 0) is 24.5 Å². The first-order chi connectivity index (χ1) is 9.20. The van der Waals surface area contributed by atoms with E-state index in [1.54, 1.807) is 0 Å². The molecule has 0 unspecified atom stereocenters. The van der Waals surface area contributed by atoms with Crippen LogP contribution in [0.4, 0.5) is 22.0 Å². The van der Waals surface area contributed by atoms with Crippen LogP contribution < -0.4 is 5.32 Å². The molecule has 0 bridgehead atoms. The van der Waals surface area contributed by atoms with Crippen molar-refractivity contribution < 1.29 is 31.5 Å². The molecule has 1 amide bonds. The molecule has 0 saturated carbocycles. The highest BCUT2D eigenvalue weighted by molar-refractivity contribution is 6.04. The van der Waals surface area contributed by atoms with E-state index in [-0.39, 0.29) is 24.0 Å². The summed E-state index contributed by atoms with van der Waals surface area (Å²) in [6.45, 7) is 0. The molecular weight excluding hydrogens is 285 g/mol. The summed E-state index contributed by atoms with van der Waals surface area (Å²) in [6, 6.07) is -0.0780. The van der Waals surface area contributed by atoms with Gasteiger partial charge in [0.05, 0.1) is 6.04 Å². The molecule has 0 fully saturated rings. The summed E-state index contributed by atoms with van der Waals surface area (Å²) < 4.78 is 62.8. The predicted molar refractivity (Wildman–Crippen MR) is 57.0 cm³/mol. The Kier molecular flexibility index (Phi) is 3.49. The standard InChI is InChI=1S/C12H8F5NO2/c13-5-3-7-6(8(14)4-5)1-2-9(10(7)19)18-11(20)12(15,16)17/h3-4,9H,1-2H2,(H,18,20)/t9-/m1/s1. The van der Waals surface area contributed by atoms with Gasteiger partial charge in [0, 0.05) is 11.6 Å². The monoisotopic (exact) mass is 293 g/mol. The molecular formula is C12H8F5NO2. The number of ketones is 1. The van der Waals surface area contributed by atoms with Crippen molar-refractivity contribution in [3.8, 4) is 0 Å². The first-order valence-electron chi connectivity index (χ1n) is 5.60. The lowest BCUT2D eigenvalue weighted by molar-refractivity contribution is -0.174. The Morgan fingerprint density at radius 2 is 1.90 bits per heavy atom. The fraction of sp³-hybridized carbons (Fsp3) is 0.333. The van der Waals surface area contributed by atoms with Gasteiger partial charge in [-0.15, -0.1) is 0 Å². The summed E-state index contributed by atoms with van der Waals surface area (Å²) in [5.74, 6) is -5.11. The van der Waals surface area contributed by atoms with Crippen LogP contribution in [0, 0.1) is 11.6 Å². The van der Waals surface area contributed by atoms with Crippen LogP contribution >= 0.6 is 0 Å². The van der Waals surface area contributed by atoms with Crippen molar-refractivity contribution in [2.24, 2.45) is 0 Å². The zero-order valence-corrected chi connectivity index (χ0v) is 9.85. The second-order valence-electron chi connectivity index (χ2n) is 4.34. The number of hydrogen-bond donors (Lipinski definition) is 1. The number of Topliss-reactive ketones (excluding diaryl/α,β-unsaturated/α-hetero) is 1. The van der Waals surface area contributed by atoms with Crippen molar-refractivity contribution in [2.45, 2.75) is 25.1 Å². The van der Waals surface area contributed by atoms with E-state index in [0.717, 1.165) is 6.07 Å². The molecule has 108 valence electrons. The molecule has 1 aliphatic carbocycles. The van der Waals surface area contributed by atoms with Crippen LogP contribution in [-0.4, -0.2) is 23.9 Å². The number of fused-ring (bicyclic) bond motifs is 1. The fourth-order valence-electron chi connectivity index (χ4n) is 2.06. The van der Waals surface area contributed by atoms with E-state index >= 15 is 0 Å². The lowest BCUT2D eigenvalue weighted by atomic mass is 9.86. The summed E-state index contributed by atoms with van der Waals surface area (Å²) in [4.78, 5) is 22.7. The molecule has 0 spiro atoms. The molecule has 0 aromatic heterocycles. The smallest absolute Gasteiger partial charge is 0.338 e. The minimum absolute atomic E-state index is 0.0473. The third-order valence-electron chi connectivity index (χ3n) is 2.99. The van der Waals surface area contributed by atoms with Crippen molar-refractivity contribution in [3.05, 3.63) is 34.9 Å². The van der Waals surface area contributed by atoms with Crippen molar-refractivity contribution >= 4 is 11.7 Å². The number of benzene rings is 1. The van der Waals surface area contributed by atoms with Gasteiger partial charge in [-0.1, -0.05) is 0 Å². The van der Waals surface area contributed by atoms with Gasteiger partial charge in [-0.2, -0.15) is 13.2 Å². The molecule has 1 aliphatic rings. The van der Waals surface area contributed by atoms with E-state index in [2.05, 4.69) is 0 Å². The maximum absolute atomic E-state index is 13.4. The summed E-state index contributed by atoms with van der Waals surface area (Å²) in [5, 5.41) is 1.53. The van der Waals surface area contributed by atoms with Gasteiger partial charge in [-0.3, -0.25) is 9.59 Å². The average molecular weight is 293 g/mol. The number of rotatable bonds is 1. The van der Waals surface area contributed by atoms with Crippen LogP contribution in [0.2, 0.25) is 0 Å². The van der Waals surface area contributed by atoms with Crippen molar-refractivity contribution in [1.82, 2.24) is 5.32 Å². The maximum Gasteiger partial charge on any atom is 0.471 e. The number of carbonyl (C=O) groups excluding carboxylic acids is 2. The van der Waals surface area contributed by atoms with Gasteiger partial charge in [0.25, 0.3) is 0 Å². The third-order valence-corrected chi connectivity index (χ3v) is 2.99. The molecule has 3 nitrogen and oxygen atoms in total. The van der Waals surface area contributed by atoms with Crippen LogP contribution in [0.25, 0.3) is 0 Å². The molecule has 1 atom stereocenters. The number of alkyl halides is 3. The van der Waals surface area contributed by atoms with Crippen LogP contribution in [0.5, 0.6) is 0 Å². The number of halogens is 5. The zero-order chi connectivity index (χ0) is 15.1. The molecule has 1 N–H and O–H groups in total. The molecule has 1 aromatic carbocycles. The Balaban J connectivity index is 2.26. The van der Waals surface area contributed by atoms with Crippen molar-refractivity contribution in [2.75, 3.05) is 0 Å². The van der Waals surface area contributed by atoms with E-state index < -0.39 is 35.5 Å². The highest BCUT2D eigenvalue weighted by Crippen LogP contribution is 2.26. The van der Waals surface area contributed by atoms with Gasteiger partial charge in [0.1, 0.15) is 11.6 Å². The normalized spacial score (nSPS) is 18.6. The van der Waals surface area contributed by atoms with E-state index in [4.69, 9.17) is 0 Å². The Morgan fingerprint density at radius 1 is 1.25 bits per heavy atom. The van der Waals surface area contributed by atoms with E-state index in [1.807, 2.05) is 0 Å². The SMILES string of the molecule is O=C1c2cc(F)cc(F)c2CC[C@H]1NC(=O)C(F)(F)F. The Morgan fingerprint density at radius 3 is 2.50 bits per heavy atom. The predicted octanol–water partition coefficient (Wildman–Crippen LogP) is 2.14. The summed E-state index contributed by atoms with van der Waals surface area (Å²) in [5.41, 5.74) is -0.380. The molecule has 1 aromatic rings. The number of nitrogens with one attached hydrogen (secondary N) is 1. The van der Waals surface area contributed by atoms with Crippen molar-refractivity contribution in [1.29, 1.82) is 0 Å². The highest BCUT2D eigenvalue weighted by Gasteiger charge is 2.42. The average Bonchev–Trinajstić information content (AvgIpc) is 2.32. The minimum atomic E-state index is -5.12. The Labute approximate surface area is 109 Å². The second-order valence-corrected chi connectivity index (χ2v) is 4.34. The maximum atomic E-state index is 13.4. The third kappa shape index (κ3) is 2.63. The largest absolute Gasteiger partial charge is 0.471 e. The summed E-state index contributed by atoms with van der Waals surface area (Å²) >= 11 is 0. The fourth-order valence-corrected chi connectivity index (χ4v) is 2.06. The molecule has 8 heteroatoms. The molecule has 2 rings (SSSR count). The summed E-state index contributed by atoms with van der Waals surface area (Å²) in [7, 11) is 0. The van der Waals surface area contributed by atoms with Crippen LogP contribution in [-0.2, 0) is 11.2 Å². The highest BCUT2D eigenvalue weighted by atomic mass is 19.4. The summed E-state index contributed by atoms with van der Waals surface area (Å²) in [6.07, 6.45) is -5.35. The number of carbonyl (C=O) groups is 2. The minimum Gasteiger partial charge on any atom is -0.338 e. The quantitative estimate of drug-likeness (QED) is 0.806. The van der Waals surface area contributed by atoms with E-state index in [0.29, 0.717) is 6.07 Å². The topological polar surface area (TPSA) is 46.2 Å². The first kappa shape index (κ1) is 14.4. The Bertz CT molecular complexity index is 582. The van der Waals surface area contributed by atoms with Crippen LogP contribution in [0.1, 0.15) is 22.3 Å². The van der Waals surface area contributed by atoms with E-state index in [1.165, 1.54) is 5.32 Å². The second kappa shape index (κ2) is 4.84. The Hall–Kier alpha value is -1.99.